The number of amides is 1. The lowest BCUT2D eigenvalue weighted by atomic mass is 9.88. The fourth-order valence-corrected chi connectivity index (χ4v) is 5.22. The van der Waals surface area contributed by atoms with Crippen molar-refractivity contribution < 1.29 is 9.53 Å². The number of benzene rings is 1. The van der Waals surface area contributed by atoms with Crippen molar-refractivity contribution in [3.8, 4) is 0 Å². The first-order chi connectivity index (χ1) is 13.4. The lowest BCUT2D eigenvalue weighted by Crippen LogP contribution is -2.43. The van der Waals surface area contributed by atoms with E-state index in [1.54, 1.807) is 11.1 Å². The van der Waals surface area contributed by atoms with Gasteiger partial charge >= 0.3 is 6.09 Å². The third-order valence-corrected chi connectivity index (χ3v) is 6.87. The third kappa shape index (κ3) is 4.22. The van der Waals surface area contributed by atoms with Crippen molar-refractivity contribution in [2.75, 3.05) is 19.6 Å². The first kappa shape index (κ1) is 19.8. The van der Waals surface area contributed by atoms with Crippen molar-refractivity contribution in [3.05, 3.63) is 35.4 Å². The molecule has 2 unspecified atom stereocenters. The van der Waals surface area contributed by atoms with E-state index >= 15 is 0 Å². The Morgan fingerprint density at radius 2 is 1.96 bits per heavy atom. The number of carbonyl (C=O) groups excluding carboxylic acids is 1. The zero-order valence-corrected chi connectivity index (χ0v) is 17.8. The molecular weight excluding hydrogens is 348 g/mol. The molecule has 28 heavy (non-hydrogen) atoms. The topological polar surface area (TPSA) is 41.6 Å². The lowest BCUT2D eigenvalue weighted by molar-refractivity contribution is 0.0184. The number of fused-ring (bicyclic) bond motifs is 2. The Hall–Kier alpha value is -1.55. The number of carbonyl (C=O) groups is 1. The molecule has 0 aromatic heterocycles. The summed E-state index contributed by atoms with van der Waals surface area (Å²) in [6, 6.07) is 9.76. The average molecular weight is 385 g/mol. The molecule has 4 rings (SSSR count). The van der Waals surface area contributed by atoms with Gasteiger partial charge in [0.1, 0.15) is 5.60 Å². The van der Waals surface area contributed by atoms with E-state index in [2.05, 4.69) is 29.6 Å². The van der Waals surface area contributed by atoms with E-state index < -0.39 is 5.60 Å². The Morgan fingerprint density at radius 3 is 2.71 bits per heavy atom. The second-order valence-corrected chi connectivity index (χ2v) is 10.1. The number of aryl methyl sites for hydroxylation is 1. The van der Waals surface area contributed by atoms with Gasteiger partial charge in [0.05, 0.1) is 0 Å². The summed E-state index contributed by atoms with van der Waals surface area (Å²) in [5, 5.41) is 3.90. The summed E-state index contributed by atoms with van der Waals surface area (Å²) in [5.41, 5.74) is 3.18. The van der Waals surface area contributed by atoms with E-state index in [9.17, 15) is 4.79 Å². The van der Waals surface area contributed by atoms with Gasteiger partial charge in [-0.15, -0.1) is 0 Å². The monoisotopic (exact) mass is 384 g/mol. The van der Waals surface area contributed by atoms with Crippen LogP contribution in [0, 0.1) is 5.92 Å². The van der Waals surface area contributed by atoms with Crippen LogP contribution in [0.15, 0.2) is 24.3 Å². The maximum Gasteiger partial charge on any atom is 0.410 e. The zero-order valence-electron chi connectivity index (χ0n) is 17.8. The summed E-state index contributed by atoms with van der Waals surface area (Å²) in [7, 11) is 0. The van der Waals surface area contributed by atoms with E-state index in [1.165, 1.54) is 32.1 Å². The summed E-state index contributed by atoms with van der Waals surface area (Å²) < 4.78 is 5.51. The van der Waals surface area contributed by atoms with Crippen LogP contribution >= 0.6 is 0 Å². The molecule has 1 aliphatic heterocycles. The minimum Gasteiger partial charge on any atom is -0.444 e. The molecule has 1 spiro atoms. The molecule has 154 valence electrons. The van der Waals surface area contributed by atoms with Gasteiger partial charge < -0.3 is 15.0 Å². The molecule has 4 heteroatoms. The number of ether oxygens (including phenoxy) is 1. The van der Waals surface area contributed by atoms with Gasteiger partial charge in [-0.2, -0.15) is 0 Å². The minimum absolute atomic E-state index is 0.157. The second kappa shape index (κ2) is 7.70. The first-order valence-electron chi connectivity index (χ1n) is 11.2. The van der Waals surface area contributed by atoms with Crippen molar-refractivity contribution >= 4 is 6.09 Å². The molecule has 0 bridgehead atoms. The molecule has 2 fully saturated rings. The van der Waals surface area contributed by atoms with Crippen molar-refractivity contribution in [1.82, 2.24) is 10.2 Å². The average Bonchev–Trinajstić information content (AvgIpc) is 3.40. The predicted molar refractivity (Wildman–Crippen MR) is 113 cm³/mol. The lowest BCUT2D eigenvalue weighted by Gasteiger charge is -2.33. The van der Waals surface area contributed by atoms with Crippen LogP contribution in [-0.2, 0) is 16.6 Å². The number of piperidine rings is 1. The predicted octanol–water partition coefficient (Wildman–Crippen LogP) is 4.66. The number of hydrogen-bond donors (Lipinski definition) is 1. The van der Waals surface area contributed by atoms with Gasteiger partial charge in [-0.1, -0.05) is 30.7 Å². The standard InChI is InChI=1S/C24H36N2O2/c1-23(2,3)28-22(27)26-14-11-18(12-15-26)17-25-21-16-24(21)13-7-6-9-19-8-4-5-10-20(19)24/h4-5,8,10,18,21,25H,6-7,9,11-17H2,1-3H3. The SMILES string of the molecule is CC(C)(C)OC(=O)N1CCC(CNC2CC23CCCCc2ccccc23)CC1. The Bertz CT molecular complexity index is 703. The number of rotatable bonds is 3. The van der Waals surface area contributed by atoms with Crippen LogP contribution in [0.4, 0.5) is 4.79 Å². The third-order valence-electron chi connectivity index (χ3n) is 6.87. The van der Waals surface area contributed by atoms with E-state index in [4.69, 9.17) is 4.74 Å². The van der Waals surface area contributed by atoms with Crippen LogP contribution in [-0.4, -0.2) is 42.3 Å². The maximum absolute atomic E-state index is 12.2. The highest BCUT2D eigenvalue weighted by Crippen LogP contribution is 2.54. The highest BCUT2D eigenvalue weighted by Gasteiger charge is 2.55. The summed E-state index contributed by atoms with van der Waals surface area (Å²) in [6.45, 7) is 8.51. The minimum atomic E-state index is -0.412. The van der Waals surface area contributed by atoms with Gasteiger partial charge in [-0.25, -0.2) is 4.79 Å². The maximum atomic E-state index is 12.2. The van der Waals surface area contributed by atoms with Crippen molar-refractivity contribution in [2.24, 2.45) is 5.92 Å². The molecule has 1 aromatic carbocycles. The second-order valence-electron chi connectivity index (χ2n) is 10.1. The fourth-order valence-electron chi connectivity index (χ4n) is 5.22. The normalized spacial score (nSPS) is 28.0. The smallest absolute Gasteiger partial charge is 0.410 e. The molecular formula is C24H36N2O2. The number of nitrogens with zero attached hydrogens (tertiary/aromatic N) is 1. The van der Waals surface area contributed by atoms with Crippen molar-refractivity contribution in [3.63, 3.8) is 0 Å². The molecule has 1 heterocycles. The molecule has 1 saturated carbocycles. The molecule has 3 aliphatic rings. The summed E-state index contributed by atoms with van der Waals surface area (Å²) in [4.78, 5) is 14.1. The number of likely N-dealkylation sites (tertiary alicyclic amines) is 1. The van der Waals surface area contributed by atoms with Crippen LogP contribution in [0.1, 0.15) is 70.4 Å². The van der Waals surface area contributed by atoms with E-state index in [-0.39, 0.29) is 6.09 Å². The number of hydrogen-bond acceptors (Lipinski definition) is 3. The fraction of sp³-hybridized carbons (Fsp3) is 0.708. The molecule has 1 aromatic rings. The largest absolute Gasteiger partial charge is 0.444 e. The highest BCUT2D eigenvalue weighted by molar-refractivity contribution is 5.68. The quantitative estimate of drug-likeness (QED) is 0.824. The molecule has 4 nitrogen and oxygen atoms in total. The van der Waals surface area contributed by atoms with E-state index in [0.717, 1.165) is 32.5 Å². The van der Waals surface area contributed by atoms with Crippen LogP contribution in [0.25, 0.3) is 0 Å². The van der Waals surface area contributed by atoms with Gasteiger partial charge in [0.15, 0.2) is 0 Å². The van der Waals surface area contributed by atoms with Gasteiger partial charge in [-0.05, 0) is 82.9 Å². The Morgan fingerprint density at radius 1 is 1.21 bits per heavy atom. The summed E-state index contributed by atoms with van der Waals surface area (Å²) in [6.07, 6.45) is 8.53. The zero-order chi connectivity index (χ0) is 19.8. The van der Waals surface area contributed by atoms with Gasteiger partial charge in [0.2, 0.25) is 0 Å². The first-order valence-corrected chi connectivity index (χ1v) is 11.2. The molecule has 0 radical (unpaired) electrons. The van der Waals surface area contributed by atoms with E-state index in [0.29, 0.717) is 17.4 Å². The molecule has 1 N–H and O–H groups in total. The van der Waals surface area contributed by atoms with Crippen LogP contribution in [0.3, 0.4) is 0 Å². The number of nitrogens with one attached hydrogen (secondary N) is 1. The Kier molecular flexibility index (Phi) is 5.43. The van der Waals surface area contributed by atoms with Gasteiger partial charge in [0, 0.05) is 24.5 Å². The Labute approximate surface area is 170 Å². The van der Waals surface area contributed by atoms with Gasteiger partial charge in [0.25, 0.3) is 0 Å². The summed E-state index contributed by atoms with van der Waals surface area (Å²) in [5.74, 6) is 0.664. The highest BCUT2D eigenvalue weighted by atomic mass is 16.6. The van der Waals surface area contributed by atoms with Crippen LogP contribution in [0.5, 0.6) is 0 Å². The molecule has 1 saturated heterocycles. The van der Waals surface area contributed by atoms with E-state index in [1.807, 2.05) is 25.7 Å². The van der Waals surface area contributed by atoms with Crippen molar-refractivity contribution in [1.29, 1.82) is 0 Å². The van der Waals surface area contributed by atoms with Crippen LogP contribution < -0.4 is 5.32 Å². The Balaban J connectivity index is 1.27. The molecule has 2 atom stereocenters. The molecule has 2 aliphatic carbocycles. The van der Waals surface area contributed by atoms with Crippen molar-refractivity contribution in [2.45, 2.75) is 82.8 Å². The molecule has 1 amide bonds. The van der Waals surface area contributed by atoms with Crippen LogP contribution in [0.2, 0.25) is 0 Å². The summed E-state index contributed by atoms with van der Waals surface area (Å²) >= 11 is 0. The van der Waals surface area contributed by atoms with Gasteiger partial charge in [-0.3, -0.25) is 0 Å².